The normalized spacial score (nSPS) is 15.3. The highest BCUT2D eigenvalue weighted by molar-refractivity contribution is 5.95. The van der Waals surface area contributed by atoms with E-state index in [4.69, 9.17) is 0 Å². The molecule has 10 heteroatoms. The van der Waals surface area contributed by atoms with E-state index in [0.29, 0.717) is 38.3 Å². The van der Waals surface area contributed by atoms with Crippen LogP contribution in [0.5, 0.6) is 0 Å². The van der Waals surface area contributed by atoms with E-state index in [0.717, 1.165) is 6.07 Å². The summed E-state index contributed by atoms with van der Waals surface area (Å²) < 4.78 is 53.1. The minimum atomic E-state index is -4.60. The zero-order valence-electron chi connectivity index (χ0n) is 18.2. The van der Waals surface area contributed by atoms with Crippen LogP contribution in [-0.4, -0.2) is 72.8 Å². The van der Waals surface area contributed by atoms with Gasteiger partial charge < -0.3 is 10.2 Å². The maximum absolute atomic E-state index is 13.8. The van der Waals surface area contributed by atoms with Crippen molar-refractivity contribution in [3.05, 3.63) is 65.5 Å². The molecule has 0 saturated carbocycles. The van der Waals surface area contributed by atoms with E-state index in [-0.39, 0.29) is 30.5 Å². The summed E-state index contributed by atoms with van der Waals surface area (Å²) in [6, 6.07) is 11.3. The Hall–Kier alpha value is -2.98. The van der Waals surface area contributed by atoms with Crippen molar-refractivity contribution >= 4 is 17.5 Å². The molecule has 0 radical (unpaired) electrons. The predicted octanol–water partition coefficient (Wildman–Crippen LogP) is 3.06. The van der Waals surface area contributed by atoms with Crippen molar-refractivity contribution in [1.82, 2.24) is 14.7 Å². The van der Waals surface area contributed by atoms with Crippen LogP contribution in [0.15, 0.2) is 48.5 Å². The number of alkyl halides is 3. The van der Waals surface area contributed by atoms with Gasteiger partial charge in [0.1, 0.15) is 5.82 Å². The van der Waals surface area contributed by atoms with E-state index >= 15 is 0 Å². The lowest BCUT2D eigenvalue weighted by Gasteiger charge is -2.35. The Morgan fingerprint density at radius 3 is 2.24 bits per heavy atom. The lowest BCUT2D eigenvalue weighted by molar-refractivity contribution is -0.137. The fraction of sp³-hybridized carbons (Fsp3) is 0.391. The molecule has 1 fully saturated rings. The van der Waals surface area contributed by atoms with Gasteiger partial charge in [-0.05, 0) is 18.2 Å². The van der Waals surface area contributed by atoms with Crippen molar-refractivity contribution < 1.29 is 27.2 Å². The highest BCUT2D eigenvalue weighted by Crippen LogP contribution is 2.34. The molecule has 3 rings (SSSR count). The topological polar surface area (TPSA) is 55.9 Å². The van der Waals surface area contributed by atoms with Gasteiger partial charge in [-0.3, -0.25) is 19.4 Å². The molecule has 0 bridgehead atoms. The highest BCUT2D eigenvalue weighted by Gasteiger charge is 2.33. The number of carbonyl (C=O) groups is 2. The van der Waals surface area contributed by atoms with Crippen LogP contribution in [0, 0.1) is 5.82 Å². The maximum atomic E-state index is 13.8. The lowest BCUT2D eigenvalue weighted by Crippen LogP contribution is -2.50. The van der Waals surface area contributed by atoms with Crippen LogP contribution in [0.4, 0.5) is 23.2 Å². The summed E-state index contributed by atoms with van der Waals surface area (Å²) in [4.78, 5) is 30.0. The number of para-hydroxylation sites is 1. The van der Waals surface area contributed by atoms with Crippen LogP contribution >= 0.6 is 0 Å². The van der Waals surface area contributed by atoms with E-state index in [2.05, 4.69) is 10.2 Å². The molecular formula is C23H26F4N4O2. The Morgan fingerprint density at radius 2 is 1.58 bits per heavy atom. The second kappa shape index (κ2) is 10.8. The SMILES string of the molecule is CN(CC(=O)Nc1ccccc1C(F)(F)F)C(=O)CN1CCN(Cc2ccccc2F)CC1. The van der Waals surface area contributed by atoms with Gasteiger partial charge in [0.05, 0.1) is 24.3 Å². The summed E-state index contributed by atoms with van der Waals surface area (Å²) in [5, 5.41) is 2.24. The maximum Gasteiger partial charge on any atom is 0.418 e. The Morgan fingerprint density at radius 1 is 0.970 bits per heavy atom. The fourth-order valence-electron chi connectivity index (χ4n) is 3.62. The van der Waals surface area contributed by atoms with E-state index in [1.807, 2.05) is 4.90 Å². The smallest absolute Gasteiger partial charge is 0.335 e. The molecule has 2 aromatic carbocycles. The van der Waals surface area contributed by atoms with E-state index in [1.54, 1.807) is 18.2 Å². The first-order valence-corrected chi connectivity index (χ1v) is 10.5. The molecule has 6 nitrogen and oxygen atoms in total. The Balaban J connectivity index is 1.45. The number of nitrogens with zero attached hydrogens (tertiary/aromatic N) is 3. The molecule has 2 aromatic rings. The molecule has 1 N–H and O–H groups in total. The molecule has 178 valence electrons. The highest BCUT2D eigenvalue weighted by atomic mass is 19.4. The molecule has 2 amide bonds. The molecule has 0 aliphatic carbocycles. The molecule has 33 heavy (non-hydrogen) atoms. The molecule has 1 aliphatic rings. The number of carbonyl (C=O) groups excluding carboxylic acids is 2. The Kier molecular flexibility index (Phi) is 8.04. The van der Waals surface area contributed by atoms with Gasteiger partial charge in [0.2, 0.25) is 11.8 Å². The van der Waals surface area contributed by atoms with Gasteiger partial charge in [0.25, 0.3) is 0 Å². The van der Waals surface area contributed by atoms with Crippen LogP contribution in [-0.2, 0) is 22.3 Å². The molecule has 0 atom stereocenters. The van der Waals surface area contributed by atoms with Gasteiger partial charge in [-0.15, -0.1) is 0 Å². The van der Waals surface area contributed by atoms with E-state index in [1.165, 1.54) is 36.2 Å². The number of rotatable bonds is 7. The summed E-state index contributed by atoms with van der Waals surface area (Å²) in [5.74, 6) is -1.26. The number of hydrogen-bond acceptors (Lipinski definition) is 4. The number of piperazine rings is 1. The standard InChI is InChI=1S/C23H26F4N4O2/c1-29(15-21(32)28-20-9-5-3-7-18(20)23(25,26)27)22(33)16-31-12-10-30(11-13-31)14-17-6-2-4-8-19(17)24/h2-9H,10-16H2,1H3,(H,28,32). The number of hydrogen-bond donors (Lipinski definition) is 1. The van der Waals surface area contributed by atoms with Crippen LogP contribution in [0.3, 0.4) is 0 Å². The van der Waals surface area contributed by atoms with Crippen molar-refractivity contribution in [2.45, 2.75) is 12.7 Å². The molecule has 0 unspecified atom stereocenters. The van der Waals surface area contributed by atoms with Gasteiger partial charge in [0.15, 0.2) is 0 Å². The van der Waals surface area contributed by atoms with Crippen molar-refractivity contribution in [1.29, 1.82) is 0 Å². The van der Waals surface area contributed by atoms with Crippen LogP contribution in [0.1, 0.15) is 11.1 Å². The number of anilines is 1. The summed E-state index contributed by atoms with van der Waals surface area (Å²) in [7, 11) is 1.44. The third kappa shape index (κ3) is 7.00. The van der Waals surface area contributed by atoms with Crippen molar-refractivity contribution in [3.8, 4) is 0 Å². The lowest BCUT2D eigenvalue weighted by atomic mass is 10.1. The Labute approximate surface area is 189 Å². The van der Waals surface area contributed by atoms with Gasteiger partial charge >= 0.3 is 6.18 Å². The molecule has 0 aromatic heterocycles. The van der Waals surface area contributed by atoms with Crippen LogP contribution in [0.2, 0.25) is 0 Å². The minimum Gasteiger partial charge on any atom is -0.335 e. The van der Waals surface area contributed by atoms with Crippen molar-refractivity contribution in [3.63, 3.8) is 0 Å². The minimum absolute atomic E-state index is 0.0937. The third-order valence-corrected chi connectivity index (χ3v) is 5.49. The molecule has 1 aliphatic heterocycles. The van der Waals surface area contributed by atoms with Crippen LogP contribution in [0.25, 0.3) is 0 Å². The average Bonchev–Trinajstić information content (AvgIpc) is 2.76. The Bertz CT molecular complexity index is 975. The van der Waals surface area contributed by atoms with Gasteiger partial charge in [-0.1, -0.05) is 30.3 Å². The summed E-state index contributed by atoms with van der Waals surface area (Å²) in [5.41, 5.74) is -0.665. The van der Waals surface area contributed by atoms with Crippen molar-refractivity contribution in [2.75, 3.05) is 51.6 Å². The fourth-order valence-corrected chi connectivity index (χ4v) is 3.62. The summed E-state index contributed by atoms with van der Waals surface area (Å²) in [6.45, 7) is 2.78. The summed E-state index contributed by atoms with van der Waals surface area (Å²) in [6.07, 6.45) is -4.60. The number of likely N-dealkylation sites (N-methyl/N-ethyl adjacent to an activating group) is 1. The third-order valence-electron chi connectivity index (χ3n) is 5.49. The van der Waals surface area contributed by atoms with Gasteiger partial charge in [0, 0.05) is 45.3 Å². The first-order chi connectivity index (χ1) is 15.6. The average molecular weight is 466 g/mol. The predicted molar refractivity (Wildman–Crippen MR) is 116 cm³/mol. The number of nitrogens with one attached hydrogen (secondary N) is 1. The van der Waals surface area contributed by atoms with E-state index in [9.17, 15) is 27.2 Å². The number of benzene rings is 2. The quantitative estimate of drug-likeness (QED) is 0.638. The number of halogens is 4. The second-order valence-corrected chi connectivity index (χ2v) is 7.99. The van der Waals surface area contributed by atoms with Crippen LogP contribution < -0.4 is 5.32 Å². The molecular weight excluding hydrogens is 440 g/mol. The monoisotopic (exact) mass is 466 g/mol. The van der Waals surface area contributed by atoms with Crippen molar-refractivity contribution in [2.24, 2.45) is 0 Å². The first kappa shape index (κ1) is 24.7. The van der Waals surface area contributed by atoms with Gasteiger partial charge in [-0.2, -0.15) is 13.2 Å². The molecule has 1 saturated heterocycles. The molecule has 1 heterocycles. The van der Waals surface area contributed by atoms with E-state index < -0.39 is 17.6 Å². The zero-order valence-corrected chi connectivity index (χ0v) is 18.2. The molecule has 0 spiro atoms. The number of amides is 2. The second-order valence-electron chi connectivity index (χ2n) is 7.99. The zero-order chi connectivity index (χ0) is 24.0. The first-order valence-electron chi connectivity index (χ1n) is 10.5. The largest absolute Gasteiger partial charge is 0.418 e. The summed E-state index contributed by atoms with van der Waals surface area (Å²) >= 11 is 0. The van der Waals surface area contributed by atoms with Gasteiger partial charge in [-0.25, -0.2) is 4.39 Å².